The highest BCUT2D eigenvalue weighted by atomic mass is 19.1. The van der Waals surface area contributed by atoms with Crippen molar-refractivity contribution in [3.05, 3.63) is 29.3 Å². The van der Waals surface area contributed by atoms with Crippen molar-refractivity contribution < 1.29 is 13.5 Å². The quantitative estimate of drug-likeness (QED) is 0.798. The largest absolute Gasteiger partial charge is 0.383 e. The molecule has 1 fully saturated rings. The second-order valence-corrected chi connectivity index (χ2v) is 5.65. The lowest BCUT2D eigenvalue weighted by atomic mass is 10.1. The summed E-state index contributed by atoms with van der Waals surface area (Å²) in [6, 6.07) is 3.29. The number of nitrogens with one attached hydrogen (secondary N) is 1. The van der Waals surface area contributed by atoms with Crippen LogP contribution >= 0.6 is 0 Å². The van der Waals surface area contributed by atoms with Crippen LogP contribution in [0.5, 0.6) is 0 Å². The molecule has 5 heteroatoms. The lowest BCUT2D eigenvalue weighted by Crippen LogP contribution is -2.37. The van der Waals surface area contributed by atoms with Crippen LogP contribution in [0.3, 0.4) is 0 Å². The first kappa shape index (κ1) is 16.2. The van der Waals surface area contributed by atoms with Crippen molar-refractivity contribution in [3.63, 3.8) is 0 Å². The molecule has 0 heterocycles. The summed E-state index contributed by atoms with van der Waals surface area (Å²) in [6.07, 6.45) is 2.31. The number of hydrogen-bond acceptors (Lipinski definition) is 3. The first-order valence-electron chi connectivity index (χ1n) is 7.53. The highest BCUT2D eigenvalue weighted by Crippen LogP contribution is 2.27. The molecule has 1 aliphatic carbocycles. The zero-order chi connectivity index (χ0) is 15.4. The third-order valence-electron chi connectivity index (χ3n) is 3.82. The Morgan fingerprint density at radius 2 is 1.95 bits per heavy atom. The Kier molecular flexibility index (Phi) is 5.53. The summed E-state index contributed by atoms with van der Waals surface area (Å²) in [5.74, 6) is -1.01. The van der Waals surface area contributed by atoms with Crippen LogP contribution in [0.2, 0.25) is 0 Å². The van der Waals surface area contributed by atoms with E-state index in [9.17, 15) is 8.78 Å². The Balaban J connectivity index is 2.17. The molecule has 1 atom stereocenters. The van der Waals surface area contributed by atoms with E-state index in [1.807, 2.05) is 13.8 Å². The van der Waals surface area contributed by atoms with Gasteiger partial charge in [-0.25, -0.2) is 8.78 Å². The normalized spacial score (nSPS) is 16.0. The van der Waals surface area contributed by atoms with Gasteiger partial charge < -0.3 is 15.0 Å². The topological polar surface area (TPSA) is 24.5 Å². The third kappa shape index (κ3) is 4.14. The van der Waals surface area contributed by atoms with E-state index in [1.165, 1.54) is 12.1 Å². The molecule has 1 unspecified atom stereocenters. The van der Waals surface area contributed by atoms with Crippen LogP contribution in [-0.4, -0.2) is 32.3 Å². The number of likely N-dealkylation sites (N-methyl/N-ethyl adjacent to an activating group) is 1. The molecule has 1 aliphatic rings. The first-order valence-corrected chi connectivity index (χ1v) is 7.53. The molecule has 3 nitrogen and oxygen atoms in total. The SMILES string of the molecule is CCN(c1c(F)cc(CNC2CC2)cc1F)C(C)COC. The highest BCUT2D eigenvalue weighted by molar-refractivity contribution is 5.51. The molecule has 1 aromatic rings. The van der Waals surface area contributed by atoms with E-state index in [2.05, 4.69) is 5.32 Å². The minimum Gasteiger partial charge on any atom is -0.383 e. The summed E-state index contributed by atoms with van der Waals surface area (Å²) in [5.41, 5.74) is 0.688. The van der Waals surface area contributed by atoms with Crippen molar-refractivity contribution in [3.8, 4) is 0 Å². The van der Waals surface area contributed by atoms with Gasteiger partial charge in [0, 0.05) is 32.3 Å². The molecule has 0 radical (unpaired) electrons. The molecule has 1 N–H and O–H groups in total. The predicted molar refractivity (Wildman–Crippen MR) is 80.6 cm³/mol. The molecule has 0 spiro atoms. The highest BCUT2D eigenvalue weighted by Gasteiger charge is 2.23. The van der Waals surface area contributed by atoms with Crippen LogP contribution < -0.4 is 10.2 Å². The Bertz CT molecular complexity index is 454. The molecule has 1 saturated carbocycles. The molecule has 2 rings (SSSR count). The van der Waals surface area contributed by atoms with Crippen LogP contribution in [0.1, 0.15) is 32.3 Å². The minimum absolute atomic E-state index is 0.0391. The number of methoxy groups -OCH3 is 1. The van der Waals surface area contributed by atoms with Crippen LogP contribution in [-0.2, 0) is 11.3 Å². The molecule has 21 heavy (non-hydrogen) atoms. The number of benzene rings is 1. The fourth-order valence-electron chi connectivity index (χ4n) is 2.57. The average Bonchev–Trinajstić information content (AvgIpc) is 3.24. The lowest BCUT2D eigenvalue weighted by Gasteiger charge is -2.30. The smallest absolute Gasteiger partial charge is 0.149 e. The number of anilines is 1. The van der Waals surface area contributed by atoms with Crippen molar-refractivity contribution in [2.24, 2.45) is 0 Å². The van der Waals surface area contributed by atoms with Gasteiger partial charge in [-0.2, -0.15) is 0 Å². The second-order valence-electron chi connectivity index (χ2n) is 5.65. The molecule has 118 valence electrons. The Labute approximate surface area is 125 Å². The van der Waals surface area contributed by atoms with Crippen LogP contribution in [0.4, 0.5) is 14.5 Å². The van der Waals surface area contributed by atoms with E-state index in [0.717, 1.165) is 12.8 Å². The minimum atomic E-state index is -0.507. The van der Waals surface area contributed by atoms with Gasteiger partial charge in [-0.1, -0.05) is 0 Å². The van der Waals surface area contributed by atoms with E-state index < -0.39 is 11.6 Å². The Hall–Kier alpha value is -1.20. The maximum Gasteiger partial charge on any atom is 0.149 e. The Morgan fingerprint density at radius 1 is 1.33 bits per heavy atom. The molecule has 0 aromatic heterocycles. The number of ether oxygens (including phenoxy) is 1. The van der Waals surface area contributed by atoms with E-state index in [1.54, 1.807) is 12.0 Å². The van der Waals surface area contributed by atoms with Crippen LogP contribution in [0.15, 0.2) is 12.1 Å². The first-order chi connectivity index (χ1) is 10.1. The molecule has 0 bridgehead atoms. The number of nitrogens with zero attached hydrogens (tertiary/aromatic N) is 1. The third-order valence-corrected chi connectivity index (χ3v) is 3.82. The zero-order valence-electron chi connectivity index (χ0n) is 13.0. The second kappa shape index (κ2) is 7.18. The van der Waals surface area contributed by atoms with Crippen molar-refractivity contribution in [2.45, 2.75) is 45.3 Å². The average molecular weight is 298 g/mol. The lowest BCUT2D eigenvalue weighted by molar-refractivity contribution is 0.181. The predicted octanol–water partition coefficient (Wildman–Crippen LogP) is 3.08. The summed E-state index contributed by atoms with van der Waals surface area (Å²) < 4.78 is 33.8. The van der Waals surface area contributed by atoms with Crippen molar-refractivity contribution in [1.82, 2.24) is 5.32 Å². The number of rotatable bonds is 8. The molecular weight excluding hydrogens is 274 g/mol. The van der Waals surface area contributed by atoms with E-state index in [0.29, 0.717) is 31.3 Å². The number of hydrogen-bond donors (Lipinski definition) is 1. The summed E-state index contributed by atoms with van der Waals surface area (Å²) in [7, 11) is 1.59. The van der Waals surface area contributed by atoms with Crippen molar-refractivity contribution in [2.75, 3.05) is 25.2 Å². The molecule has 1 aromatic carbocycles. The van der Waals surface area contributed by atoms with Gasteiger partial charge in [-0.3, -0.25) is 0 Å². The summed E-state index contributed by atoms with van der Waals surface area (Å²) in [5, 5.41) is 3.27. The maximum atomic E-state index is 14.3. The van der Waals surface area contributed by atoms with Gasteiger partial charge in [0.05, 0.1) is 6.61 Å². The maximum absolute atomic E-state index is 14.3. The monoisotopic (exact) mass is 298 g/mol. The van der Waals surface area contributed by atoms with E-state index >= 15 is 0 Å². The van der Waals surface area contributed by atoms with E-state index in [4.69, 9.17) is 4.74 Å². The van der Waals surface area contributed by atoms with Crippen LogP contribution in [0, 0.1) is 11.6 Å². The molecular formula is C16H24F2N2O. The van der Waals surface area contributed by atoms with Gasteiger partial charge in [0.2, 0.25) is 0 Å². The van der Waals surface area contributed by atoms with Gasteiger partial charge in [-0.15, -0.1) is 0 Å². The van der Waals surface area contributed by atoms with Gasteiger partial charge in [-0.05, 0) is 44.4 Å². The van der Waals surface area contributed by atoms with E-state index in [-0.39, 0.29) is 11.7 Å². The summed E-state index contributed by atoms with van der Waals surface area (Å²) in [4.78, 5) is 1.70. The molecule has 0 amide bonds. The standard InChI is InChI=1S/C16H24F2N2O/c1-4-20(11(2)10-21-3)16-14(17)7-12(8-15(16)18)9-19-13-5-6-13/h7-8,11,13,19H,4-6,9-10H2,1-3H3. The van der Waals surface area contributed by atoms with Crippen molar-refractivity contribution in [1.29, 1.82) is 0 Å². The van der Waals surface area contributed by atoms with Gasteiger partial charge in [0.25, 0.3) is 0 Å². The van der Waals surface area contributed by atoms with Crippen molar-refractivity contribution >= 4 is 5.69 Å². The van der Waals surface area contributed by atoms with Crippen LogP contribution in [0.25, 0.3) is 0 Å². The van der Waals surface area contributed by atoms with Gasteiger partial charge in [0.15, 0.2) is 0 Å². The molecule has 0 saturated heterocycles. The van der Waals surface area contributed by atoms with Gasteiger partial charge >= 0.3 is 0 Å². The fraction of sp³-hybridized carbons (Fsp3) is 0.625. The zero-order valence-corrected chi connectivity index (χ0v) is 13.0. The summed E-state index contributed by atoms with van der Waals surface area (Å²) >= 11 is 0. The van der Waals surface area contributed by atoms with Gasteiger partial charge in [0.1, 0.15) is 17.3 Å². The number of halogens is 2. The molecule has 0 aliphatic heterocycles. The summed E-state index contributed by atoms with van der Waals surface area (Å²) in [6.45, 7) is 5.25. The fourth-order valence-corrected chi connectivity index (χ4v) is 2.57. The Morgan fingerprint density at radius 3 is 2.43 bits per heavy atom.